The Hall–Kier alpha value is -1.26. The highest BCUT2D eigenvalue weighted by Gasteiger charge is 2.56. The zero-order valence-electron chi connectivity index (χ0n) is 12.1. The van der Waals surface area contributed by atoms with Crippen LogP contribution in [0.4, 0.5) is 5.69 Å². The molecule has 4 nitrogen and oxygen atoms in total. The molecule has 0 aromatic heterocycles. The maximum Gasteiger partial charge on any atom is 0.253 e. The minimum Gasteiger partial charge on any atom is -0.349 e. The van der Waals surface area contributed by atoms with E-state index < -0.39 is 10.3 Å². The van der Waals surface area contributed by atoms with Crippen molar-refractivity contribution >= 4 is 40.7 Å². The summed E-state index contributed by atoms with van der Waals surface area (Å²) < 4.78 is -0.967. The molecule has 22 heavy (non-hydrogen) atoms. The van der Waals surface area contributed by atoms with E-state index in [2.05, 4.69) is 10.6 Å². The average molecular weight is 341 g/mol. The molecule has 2 fully saturated rings. The van der Waals surface area contributed by atoms with E-state index in [1.165, 1.54) is 0 Å². The molecule has 6 heteroatoms. The van der Waals surface area contributed by atoms with Gasteiger partial charge in [-0.1, -0.05) is 25.0 Å². The van der Waals surface area contributed by atoms with Crippen molar-refractivity contribution in [3.05, 3.63) is 29.8 Å². The fourth-order valence-corrected chi connectivity index (χ4v) is 3.35. The number of carbonyl (C=O) groups excluding carboxylic acids is 2. The van der Waals surface area contributed by atoms with E-state index in [0.717, 1.165) is 25.7 Å². The molecule has 1 aromatic carbocycles. The molecule has 1 aromatic rings. The van der Waals surface area contributed by atoms with E-state index in [0.29, 0.717) is 17.7 Å². The molecule has 2 aliphatic rings. The molecule has 0 radical (unpaired) electrons. The number of halogens is 2. The van der Waals surface area contributed by atoms with Crippen molar-refractivity contribution < 1.29 is 9.59 Å². The summed E-state index contributed by atoms with van der Waals surface area (Å²) in [6, 6.07) is 7.22. The Kier molecular flexibility index (Phi) is 4.33. The second-order valence-electron chi connectivity index (χ2n) is 6.01. The second kappa shape index (κ2) is 6.09. The minimum absolute atomic E-state index is 0.151. The maximum absolute atomic E-state index is 12.4. The number of hydrogen-bond donors (Lipinski definition) is 2. The number of amides is 2. The average Bonchev–Trinajstić information content (AvgIpc) is 2.86. The Bertz CT molecular complexity index is 598. The third-order valence-electron chi connectivity index (χ3n) is 4.26. The molecular weight excluding hydrogens is 323 g/mol. The number of rotatable bonds is 4. The van der Waals surface area contributed by atoms with Crippen molar-refractivity contribution in [3.63, 3.8) is 0 Å². The number of benzene rings is 1. The summed E-state index contributed by atoms with van der Waals surface area (Å²) in [5.41, 5.74) is 0.970. The van der Waals surface area contributed by atoms with Gasteiger partial charge in [-0.05, 0) is 31.4 Å². The molecule has 0 aliphatic heterocycles. The first kappa shape index (κ1) is 15.6. The van der Waals surface area contributed by atoms with Gasteiger partial charge >= 0.3 is 0 Å². The van der Waals surface area contributed by atoms with Crippen LogP contribution < -0.4 is 10.6 Å². The smallest absolute Gasteiger partial charge is 0.253 e. The van der Waals surface area contributed by atoms with E-state index in [9.17, 15) is 9.59 Å². The van der Waals surface area contributed by atoms with Crippen LogP contribution in [0.2, 0.25) is 0 Å². The summed E-state index contributed by atoms with van der Waals surface area (Å²) in [6.45, 7) is 0. The van der Waals surface area contributed by atoms with Crippen molar-refractivity contribution in [1.82, 2.24) is 5.32 Å². The number of hydrogen-bond acceptors (Lipinski definition) is 2. The number of para-hydroxylation sites is 1. The Morgan fingerprint density at radius 1 is 1.14 bits per heavy atom. The van der Waals surface area contributed by atoms with Crippen LogP contribution >= 0.6 is 23.2 Å². The van der Waals surface area contributed by atoms with Gasteiger partial charge in [0, 0.05) is 6.04 Å². The van der Waals surface area contributed by atoms with E-state index in [1.54, 1.807) is 24.3 Å². The van der Waals surface area contributed by atoms with Gasteiger partial charge < -0.3 is 10.6 Å². The van der Waals surface area contributed by atoms with Crippen LogP contribution in [0.3, 0.4) is 0 Å². The molecule has 1 atom stereocenters. The Morgan fingerprint density at radius 3 is 2.41 bits per heavy atom. The predicted octanol–water partition coefficient (Wildman–Crippen LogP) is 3.49. The van der Waals surface area contributed by atoms with E-state index in [-0.39, 0.29) is 17.9 Å². The Labute approximate surface area is 139 Å². The molecular formula is C16H18Cl2N2O2. The molecule has 0 bridgehead atoms. The van der Waals surface area contributed by atoms with Crippen molar-refractivity contribution in [3.8, 4) is 0 Å². The molecule has 118 valence electrons. The van der Waals surface area contributed by atoms with Crippen LogP contribution in [0.15, 0.2) is 24.3 Å². The first-order valence-electron chi connectivity index (χ1n) is 7.56. The van der Waals surface area contributed by atoms with Gasteiger partial charge in [0.15, 0.2) is 0 Å². The van der Waals surface area contributed by atoms with E-state index >= 15 is 0 Å². The molecule has 2 aliphatic carbocycles. The summed E-state index contributed by atoms with van der Waals surface area (Å²) in [4.78, 5) is 24.5. The largest absolute Gasteiger partial charge is 0.349 e. The highest BCUT2D eigenvalue weighted by atomic mass is 35.5. The molecule has 0 saturated heterocycles. The second-order valence-corrected chi connectivity index (χ2v) is 7.55. The fourth-order valence-electron chi connectivity index (χ4n) is 2.84. The zero-order valence-corrected chi connectivity index (χ0v) is 13.6. The van der Waals surface area contributed by atoms with Crippen molar-refractivity contribution in [2.45, 2.75) is 42.5 Å². The summed E-state index contributed by atoms with van der Waals surface area (Å²) >= 11 is 11.8. The summed E-state index contributed by atoms with van der Waals surface area (Å²) in [5, 5.41) is 5.79. The van der Waals surface area contributed by atoms with Crippen LogP contribution in [0.5, 0.6) is 0 Å². The van der Waals surface area contributed by atoms with Gasteiger partial charge in [-0.3, -0.25) is 9.59 Å². The van der Waals surface area contributed by atoms with E-state index in [1.807, 2.05) is 0 Å². The van der Waals surface area contributed by atoms with Gasteiger partial charge in [-0.15, -0.1) is 23.2 Å². The summed E-state index contributed by atoms with van der Waals surface area (Å²) in [5.74, 6) is -0.811. The van der Waals surface area contributed by atoms with Gasteiger partial charge in [0.1, 0.15) is 4.33 Å². The monoisotopic (exact) mass is 340 g/mol. The van der Waals surface area contributed by atoms with Crippen LogP contribution in [0.1, 0.15) is 42.5 Å². The third kappa shape index (κ3) is 3.39. The van der Waals surface area contributed by atoms with Gasteiger partial charge in [0.25, 0.3) is 5.91 Å². The normalized spacial score (nSPS) is 23.1. The lowest BCUT2D eigenvalue weighted by molar-refractivity contribution is -0.117. The SMILES string of the molecule is O=C(NC1CCCC1)c1ccccc1NC(=O)C1CC1(Cl)Cl. The number of anilines is 1. The van der Waals surface area contributed by atoms with Gasteiger partial charge in [-0.25, -0.2) is 0 Å². The zero-order chi connectivity index (χ0) is 15.7. The van der Waals surface area contributed by atoms with Gasteiger partial charge in [-0.2, -0.15) is 0 Å². The van der Waals surface area contributed by atoms with Crippen LogP contribution in [0, 0.1) is 5.92 Å². The molecule has 2 amide bonds. The van der Waals surface area contributed by atoms with E-state index in [4.69, 9.17) is 23.2 Å². The first-order valence-corrected chi connectivity index (χ1v) is 8.31. The first-order chi connectivity index (χ1) is 10.5. The van der Waals surface area contributed by atoms with Crippen LogP contribution in [0.25, 0.3) is 0 Å². The summed E-state index contributed by atoms with van der Waals surface area (Å²) in [7, 11) is 0. The predicted molar refractivity (Wildman–Crippen MR) is 87.3 cm³/mol. The standard InChI is InChI=1S/C16H18Cl2N2O2/c17-16(18)9-12(16)15(22)20-13-8-4-3-7-11(13)14(21)19-10-5-1-2-6-10/h3-4,7-8,10,12H,1-2,5-6,9H2,(H,19,21)(H,20,22). The van der Waals surface area contributed by atoms with Gasteiger partial charge in [0.05, 0.1) is 17.2 Å². The number of alkyl halides is 2. The molecule has 0 heterocycles. The summed E-state index contributed by atoms with van der Waals surface area (Å²) in [6.07, 6.45) is 4.78. The number of carbonyl (C=O) groups is 2. The molecule has 1 unspecified atom stereocenters. The quantitative estimate of drug-likeness (QED) is 0.824. The van der Waals surface area contributed by atoms with Crippen molar-refractivity contribution in [1.29, 1.82) is 0 Å². The van der Waals surface area contributed by atoms with Crippen LogP contribution in [-0.2, 0) is 4.79 Å². The number of nitrogens with one attached hydrogen (secondary N) is 2. The lowest BCUT2D eigenvalue weighted by Crippen LogP contribution is -2.33. The minimum atomic E-state index is -0.967. The van der Waals surface area contributed by atoms with Crippen molar-refractivity contribution in [2.24, 2.45) is 5.92 Å². The van der Waals surface area contributed by atoms with Gasteiger partial charge in [0.2, 0.25) is 5.91 Å². The maximum atomic E-state index is 12.4. The highest BCUT2D eigenvalue weighted by molar-refractivity contribution is 6.52. The molecule has 2 N–H and O–H groups in total. The lowest BCUT2D eigenvalue weighted by Gasteiger charge is -2.15. The topological polar surface area (TPSA) is 58.2 Å². The van der Waals surface area contributed by atoms with Crippen molar-refractivity contribution in [2.75, 3.05) is 5.32 Å². The Morgan fingerprint density at radius 2 is 1.77 bits per heavy atom. The Balaban J connectivity index is 1.69. The molecule has 0 spiro atoms. The molecule has 2 saturated carbocycles. The molecule has 3 rings (SSSR count). The van der Waals surface area contributed by atoms with Crippen LogP contribution in [-0.4, -0.2) is 22.2 Å². The lowest BCUT2D eigenvalue weighted by atomic mass is 10.1. The third-order valence-corrected chi connectivity index (χ3v) is 5.10. The highest BCUT2D eigenvalue weighted by Crippen LogP contribution is 2.53. The fraction of sp³-hybridized carbons (Fsp3) is 0.500.